The van der Waals surface area contributed by atoms with Crippen molar-refractivity contribution in [2.45, 2.75) is 46.1 Å². The number of hydrogen-bond donors (Lipinski definition) is 2. The average molecular weight is 238 g/mol. The minimum absolute atomic E-state index is 0.0939. The molecule has 0 unspecified atom stereocenters. The van der Waals surface area contributed by atoms with E-state index in [1.54, 1.807) is 0 Å². The molecule has 0 radical (unpaired) electrons. The van der Waals surface area contributed by atoms with E-state index in [0.29, 0.717) is 6.54 Å². The third kappa shape index (κ3) is 2.87. The number of aliphatic hydroxyl groups excluding tert-OH is 1. The topological polar surface area (TPSA) is 58.3 Å². The van der Waals surface area contributed by atoms with Crippen molar-refractivity contribution in [3.63, 3.8) is 0 Å². The van der Waals surface area contributed by atoms with Crippen LogP contribution in [-0.4, -0.2) is 23.2 Å². The van der Waals surface area contributed by atoms with Gasteiger partial charge in [-0.2, -0.15) is 0 Å². The van der Waals surface area contributed by atoms with Crippen molar-refractivity contribution >= 4 is 0 Å². The van der Waals surface area contributed by atoms with Crippen LogP contribution in [0.2, 0.25) is 0 Å². The Bertz CT molecular complexity index is 348. The van der Waals surface area contributed by atoms with E-state index in [1.807, 2.05) is 13.8 Å². The molecule has 0 spiro atoms. The van der Waals surface area contributed by atoms with Gasteiger partial charge in [0.15, 0.2) is 0 Å². The molecule has 2 rings (SSSR count). The largest absolute Gasteiger partial charge is 0.444 e. The van der Waals surface area contributed by atoms with Crippen molar-refractivity contribution in [1.29, 1.82) is 0 Å². The molecule has 0 bridgehead atoms. The highest BCUT2D eigenvalue weighted by atomic mass is 16.4. The molecule has 4 heteroatoms. The summed E-state index contributed by atoms with van der Waals surface area (Å²) in [6.45, 7) is 5.66. The molecule has 1 heterocycles. The number of hydrogen-bond acceptors (Lipinski definition) is 4. The van der Waals surface area contributed by atoms with Crippen molar-refractivity contribution in [3.05, 3.63) is 17.3 Å². The number of rotatable bonds is 5. The lowest BCUT2D eigenvalue weighted by Crippen LogP contribution is -2.34. The van der Waals surface area contributed by atoms with E-state index >= 15 is 0 Å². The van der Waals surface area contributed by atoms with Crippen LogP contribution in [0.1, 0.15) is 43.0 Å². The van der Waals surface area contributed by atoms with E-state index in [1.165, 1.54) is 12.8 Å². The molecule has 0 aromatic carbocycles. The van der Waals surface area contributed by atoms with E-state index in [9.17, 15) is 5.11 Å². The number of aryl methyl sites for hydroxylation is 2. The molecule has 0 aliphatic heterocycles. The Morgan fingerprint density at radius 2 is 2.06 bits per heavy atom. The molecule has 1 aromatic rings. The Morgan fingerprint density at radius 3 is 2.59 bits per heavy atom. The minimum Gasteiger partial charge on any atom is -0.444 e. The molecule has 1 saturated carbocycles. The maximum Gasteiger partial charge on any atom is 0.208 e. The summed E-state index contributed by atoms with van der Waals surface area (Å²) in [6.07, 6.45) is 4.72. The van der Waals surface area contributed by atoms with Gasteiger partial charge in [0.1, 0.15) is 5.76 Å². The first-order valence-corrected chi connectivity index (χ1v) is 6.40. The summed E-state index contributed by atoms with van der Waals surface area (Å²) in [5.74, 6) is 1.63. The van der Waals surface area contributed by atoms with Gasteiger partial charge < -0.3 is 14.8 Å². The Labute approximate surface area is 102 Å². The van der Waals surface area contributed by atoms with Crippen LogP contribution in [0.5, 0.6) is 0 Å². The fourth-order valence-electron chi connectivity index (χ4n) is 2.57. The summed E-state index contributed by atoms with van der Waals surface area (Å²) in [5.41, 5.74) is 1.05. The third-order valence-electron chi connectivity index (χ3n) is 3.85. The smallest absolute Gasteiger partial charge is 0.208 e. The van der Waals surface area contributed by atoms with E-state index in [4.69, 9.17) is 4.42 Å². The van der Waals surface area contributed by atoms with Crippen LogP contribution in [0.4, 0.5) is 0 Å². The van der Waals surface area contributed by atoms with Crippen molar-refractivity contribution in [2.75, 3.05) is 13.2 Å². The monoisotopic (exact) mass is 238 g/mol. The Balaban J connectivity index is 1.82. The standard InChI is InChI=1S/C13H22N2O2/c1-10-11(2)17-12(15-10)7-14-8-13(9-16)5-3-4-6-13/h14,16H,3-9H2,1-2H3. The van der Waals surface area contributed by atoms with Crippen LogP contribution in [0.15, 0.2) is 4.42 Å². The minimum atomic E-state index is 0.0939. The van der Waals surface area contributed by atoms with E-state index in [0.717, 1.165) is 36.7 Å². The SMILES string of the molecule is Cc1nc(CNCC2(CO)CCCC2)oc1C. The summed E-state index contributed by atoms with van der Waals surface area (Å²) in [6, 6.07) is 0. The number of aliphatic hydroxyl groups is 1. The van der Waals surface area contributed by atoms with Crippen LogP contribution >= 0.6 is 0 Å². The quantitative estimate of drug-likeness (QED) is 0.823. The molecule has 2 N–H and O–H groups in total. The predicted molar refractivity (Wildman–Crippen MR) is 65.7 cm³/mol. The Kier molecular flexibility index (Phi) is 3.84. The van der Waals surface area contributed by atoms with Crippen molar-refractivity contribution in [3.8, 4) is 0 Å². The predicted octanol–water partition coefficient (Wildman–Crippen LogP) is 1.93. The van der Waals surface area contributed by atoms with Crippen LogP contribution in [0.25, 0.3) is 0 Å². The molecule has 96 valence electrons. The average Bonchev–Trinajstić information content (AvgIpc) is 2.89. The first-order valence-electron chi connectivity index (χ1n) is 6.40. The van der Waals surface area contributed by atoms with Crippen LogP contribution < -0.4 is 5.32 Å². The van der Waals surface area contributed by atoms with Gasteiger partial charge in [0.25, 0.3) is 0 Å². The number of oxazole rings is 1. The zero-order chi connectivity index (χ0) is 12.3. The Hall–Kier alpha value is -0.870. The van der Waals surface area contributed by atoms with Gasteiger partial charge in [-0.25, -0.2) is 4.98 Å². The molecule has 0 atom stereocenters. The maximum atomic E-state index is 9.48. The van der Waals surface area contributed by atoms with Crippen molar-refractivity contribution in [1.82, 2.24) is 10.3 Å². The lowest BCUT2D eigenvalue weighted by molar-refractivity contribution is 0.127. The molecule has 0 amide bonds. The van der Waals surface area contributed by atoms with Crippen LogP contribution in [0.3, 0.4) is 0 Å². The van der Waals surface area contributed by atoms with Gasteiger partial charge >= 0.3 is 0 Å². The normalized spacial score (nSPS) is 18.8. The molecule has 1 aliphatic carbocycles. The number of nitrogens with one attached hydrogen (secondary N) is 1. The molecule has 1 aliphatic rings. The second-order valence-corrected chi connectivity index (χ2v) is 5.22. The lowest BCUT2D eigenvalue weighted by atomic mass is 9.87. The summed E-state index contributed by atoms with van der Waals surface area (Å²) >= 11 is 0. The first kappa shape index (κ1) is 12.6. The van der Waals surface area contributed by atoms with Gasteiger partial charge in [-0.05, 0) is 26.7 Å². The van der Waals surface area contributed by atoms with Gasteiger partial charge in [-0.1, -0.05) is 12.8 Å². The summed E-state index contributed by atoms with van der Waals surface area (Å²) in [5, 5.41) is 12.8. The fraction of sp³-hybridized carbons (Fsp3) is 0.769. The Morgan fingerprint density at radius 1 is 1.35 bits per heavy atom. The maximum absolute atomic E-state index is 9.48. The molecule has 1 fully saturated rings. The van der Waals surface area contributed by atoms with Gasteiger partial charge in [0.2, 0.25) is 5.89 Å². The highest BCUT2D eigenvalue weighted by Crippen LogP contribution is 2.36. The van der Waals surface area contributed by atoms with Crippen LogP contribution in [0, 0.1) is 19.3 Å². The number of aromatic nitrogens is 1. The molecular weight excluding hydrogens is 216 g/mol. The van der Waals surface area contributed by atoms with Gasteiger partial charge in [0.05, 0.1) is 12.2 Å². The summed E-state index contributed by atoms with van der Waals surface area (Å²) in [7, 11) is 0. The van der Waals surface area contributed by atoms with Gasteiger partial charge in [0, 0.05) is 18.6 Å². The molecular formula is C13H22N2O2. The highest BCUT2D eigenvalue weighted by Gasteiger charge is 2.32. The highest BCUT2D eigenvalue weighted by molar-refractivity contribution is 5.05. The van der Waals surface area contributed by atoms with E-state index < -0.39 is 0 Å². The van der Waals surface area contributed by atoms with E-state index in [2.05, 4.69) is 10.3 Å². The van der Waals surface area contributed by atoms with Gasteiger partial charge in [-0.3, -0.25) is 0 Å². The molecule has 17 heavy (non-hydrogen) atoms. The zero-order valence-electron chi connectivity index (χ0n) is 10.8. The zero-order valence-corrected chi connectivity index (χ0v) is 10.8. The molecule has 0 saturated heterocycles. The molecule has 4 nitrogen and oxygen atoms in total. The fourth-order valence-corrected chi connectivity index (χ4v) is 2.57. The third-order valence-corrected chi connectivity index (χ3v) is 3.85. The second kappa shape index (κ2) is 5.19. The van der Waals surface area contributed by atoms with E-state index in [-0.39, 0.29) is 12.0 Å². The number of nitrogens with zero attached hydrogens (tertiary/aromatic N) is 1. The summed E-state index contributed by atoms with van der Waals surface area (Å²) in [4.78, 5) is 4.33. The second-order valence-electron chi connectivity index (χ2n) is 5.22. The first-order chi connectivity index (χ1) is 8.15. The van der Waals surface area contributed by atoms with Crippen LogP contribution in [-0.2, 0) is 6.54 Å². The lowest BCUT2D eigenvalue weighted by Gasteiger charge is -2.26. The molecule has 1 aromatic heterocycles. The summed E-state index contributed by atoms with van der Waals surface area (Å²) < 4.78 is 5.51. The van der Waals surface area contributed by atoms with Crippen molar-refractivity contribution < 1.29 is 9.52 Å². The van der Waals surface area contributed by atoms with Gasteiger partial charge in [-0.15, -0.1) is 0 Å². The van der Waals surface area contributed by atoms with Crippen molar-refractivity contribution in [2.24, 2.45) is 5.41 Å².